The van der Waals surface area contributed by atoms with E-state index in [-0.39, 0.29) is 0 Å². The first-order chi connectivity index (χ1) is 10.3. The van der Waals surface area contributed by atoms with E-state index in [0.29, 0.717) is 0 Å². The smallest absolute Gasteiger partial charge is 0.0440 e. The van der Waals surface area contributed by atoms with Gasteiger partial charge in [0.05, 0.1) is 0 Å². The number of hydrogen-bond acceptors (Lipinski definition) is 2. The molecule has 1 N–H and O–H groups in total. The lowest BCUT2D eigenvalue weighted by atomic mass is 10.1. The Labute approximate surface area is 127 Å². The van der Waals surface area contributed by atoms with Crippen LogP contribution in [0.2, 0.25) is 0 Å². The monoisotopic (exact) mass is 280 g/mol. The van der Waals surface area contributed by atoms with Crippen molar-refractivity contribution < 1.29 is 0 Å². The first kappa shape index (κ1) is 14.2. The molecule has 1 aliphatic carbocycles. The summed E-state index contributed by atoms with van der Waals surface area (Å²) < 4.78 is 0. The van der Waals surface area contributed by atoms with Crippen molar-refractivity contribution in [3.05, 3.63) is 59.7 Å². The highest BCUT2D eigenvalue weighted by Gasteiger charge is 2.20. The predicted octanol–water partition coefficient (Wildman–Crippen LogP) is 4.41. The lowest BCUT2D eigenvalue weighted by molar-refractivity contribution is 0.687. The molecular formula is C19H24N2. The second-order valence-corrected chi connectivity index (χ2v) is 5.86. The second-order valence-electron chi connectivity index (χ2n) is 5.86. The van der Waals surface area contributed by atoms with Gasteiger partial charge >= 0.3 is 0 Å². The minimum atomic E-state index is 0.765. The molecule has 0 amide bonds. The van der Waals surface area contributed by atoms with Crippen LogP contribution < -0.4 is 10.2 Å². The van der Waals surface area contributed by atoms with Gasteiger partial charge < -0.3 is 10.2 Å². The van der Waals surface area contributed by atoms with Gasteiger partial charge in [-0.05, 0) is 56.0 Å². The van der Waals surface area contributed by atoms with Gasteiger partial charge in [-0.1, -0.05) is 30.3 Å². The molecule has 0 unspecified atom stereocenters. The fraction of sp³-hybridized carbons (Fsp3) is 0.368. The Kier molecular flexibility index (Phi) is 4.26. The average Bonchev–Trinajstić information content (AvgIpc) is 3.33. The van der Waals surface area contributed by atoms with Crippen LogP contribution >= 0.6 is 0 Å². The van der Waals surface area contributed by atoms with Crippen molar-refractivity contribution in [3.63, 3.8) is 0 Å². The Morgan fingerprint density at radius 1 is 1.10 bits per heavy atom. The van der Waals surface area contributed by atoms with Crippen LogP contribution in [0.4, 0.5) is 11.4 Å². The van der Waals surface area contributed by atoms with Gasteiger partial charge in [0.15, 0.2) is 0 Å². The average molecular weight is 280 g/mol. The third kappa shape index (κ3) is 3.45. The van der Waals surface area contributed by atoms with Gasteiger partial charge in [-0.25, -0.2) is 0 Å². The maximum Gasteiger partial charge on any atom is 0.0440 e. The van der Waals surface area contributed by atoms with Crippen LogP contribution in [-0.2, 0) is 6.54 Å². The van der Waals surface area contributed by atoms with E-state index < -0.39 is 0 Å². The lowest BCUT2D eigenvalue weighted by Crippen LogP contribution is -2.18. The largest absolute Gasteiger partial charge is 0.342 e. The molecule has 2 aromatic rings. The maximum absolute atomic E-state index is 3.58. The van der Waals surface area contributed by atoms with Crippen molar-refractivity contribution in [2.45, 2.75) is 39.3 Å². The van der Waals surface area contributed by atoms with Crippen LogP contribution in [-0.4, -0.2) is 12.6 Å². The van der Waals surface area contributed by atoms with Crippen LogP contribution in [0.1, 0.15) is 30.9 Å². The molecule has 21 heavy (non-hydrogen) atoms. The van der Waals surface area contributed by atoms with E-state index in [0.717, 1.165) is 19.1 Å². The summed E-state index contributed by atoms with van der Waals surface area (Å²) in [5, 5.41) is 3.58. The summed E-state index contributed by atoms with van der Waals surface area (Å²) in [6.45, 7) is 6.38. The zero-order chi connectivity index (χ0) is 14.7. The molecule has 0 spiro atoms. The van der Waals surface area contributed by atoms with Crippen molar-refractivity contribution in [2.75, 3.05) is 11.4 Å². The number of benzene rings is 2. The molecule has 110 valence electrons. The van der Waals surface area contributed by atoms with Crippen molar-refractivity contribution in [1.82, 2.24) is 5.32 Å². The molecule has 1 aliphatic rings. The second kappa shape index (κ2) is 6.31. The number of nitrogens with one attached hydrogen (secondary N) is 1. The van der Waals surface area contributed by atoms with Crippen LogP contribution in [0.25, 0.3) is 0 Å². The fourth-order valence-electron chi connectivity index (χ4n) is 2.78. The summed E-state index contributed by atoms with van der Waals surface area (Å²) in [7, 11) is 0. The van der Waals surface area contributed by atoms with Crippen LogP contribution in [0.3, 0.4) is 0 Å². The third-order valence-electron chi connectivity index (χ3n) is 4.11. The molecule has 0 radical (unpaired) electrons. The molecule has 3 rings (SSSR count). The highest BCUT2D eigenvalue weighted by molar-refractivity contribution is 5.66. The Morgan fingerprint density at radius 2 is 1.86 bits per heavy atom. The van der Waals surface area contributed by atoms with E-state index >= 15 is 0 Å². The van der Waals surface area contributed by atoms with E-state index in [2.05, 4.69) is 72.6 Å². The molecule has 0 aromatic heterocycles. The zero-order valence-corrected chi connectivity index (χ0v) is 13.0. The van der Waals surface area contributed by atoms with Gasteiger partial charge in [0.25, 0.3) is 0 Å². The minimum absolute atomic E-state index is 0.765. The van der Waals surface area contributed by atoms with E-state index in [4.69, 9.17) is 0 Å². The number of hydrogen-bond donors (Lipinski definition) is 1. The first-order valence-corrected chi connectivity index (χ1v) is 7.93. The van der Waals surface area contributed by atoms with Crippen LogP contribution in [0.15, 0.2) is 48.5 Å². The molecule has 0 atom stereocenters. The first-order valence-electron chi connectivity index (χ1n) is 7.93. The fourth-order valence-corrected chi connectivity index (χ4v) is 2.78. The van der Waals surface area contributed by atoms with Crippen molar-refractivity contribution in [1.29, 1.82) is 0 Å². The standard InChI is InChI=1S/C19H24N2/c1-3-21(18-7-5-4-6-8-18)19-12-9-16(13-15(19)2)14-20-17-10-11-17/h4-9,12-13,17,20H,3,10-11,14H2,1-2H3. The summed E-state index contributed by atoms with van der Waals surface area (Å²) in [6, 6.07) is 18.2. The Bertz CT molecular complexity index is 588. The van der Waals surface area contributed by atoms with E-state index in [1.165, 1.54) is 35.3 Å². The topological polar surface area (TPSA) is 15.3 Å². The van der Waals surface area contributed by atoms with Crippen LogP contribution in [0, 0.1) is 6.92 Å². The Hall–Kier alpha value is -1.80. The summed E-state index contributed by atoms with van der Waals surface area (Å²) in [5.41, 5.74) is 5.29. The molecule has 0 heterocycles. The number of nitrogens with zero attached hydrogens (tertiary/aromatic N) is 1. The SMILES string of the molecule is CCN(c1ccccc1)c1ccc(CNC2CC2)cc1C. The molecule has 0 saturated heterocycles. The molecule has 2 aromatic carbocycles. The third-order valence-corrected chi connectivity index (χ3v) is 4.11. The Morgan fingerprint density at radius 3 is 2.48 bits per heavy atom. The maximum atomic E-state index is 3.58. The van der Waals surface area contributed by atoms with Crippen molar-refractivity contribution in [3.8, 4) is 0 Å². The predicted molar refractivity (Wildman–Crippen MR) is 90.2 cm³/mol. The Balaban J connectivity index is 1.79. The number of rotatable bonds is 6. The molecular weight excluding hydrogens is 256 g/mol. The molecule has 0 bridgehead atoms. The van der Waals surface area contributed by atoms with Gasteiger partial charge in [-0.3, -0.25) is 0 Å². The summed E-state index contributed by atoms with van der Waals surface area (Å²) >= 11 is 0. The normalized spacial score (nSPS) is 14.2. The minimum Gasteiger partial charge on any atom is -0.342 e. The summed E-state index contributed by atoms with van der Waals surface area (Å²) in [4.78, 5) is 2.37. The summed E-state index contributed by atoms with van der Waals surface area (Å²) in [6.07, 6.45) is 2.68. The molecule has 1 saturated carbocycles. The van der Waals surface area contributed by atoms with Crippen molar-refractivity contribution >= 4 is 11.4 Å². The molecule has 2 nitrogen and oxygen atoms in total. The van der Waals surface area contributed by atoms with Gasteiger partial charge in [-0.2, -0.15) is 0 Å². The van der Waals surface area contributed by atoms with Gasteiger partial charge in [-0.15, -0.1) is 0 Å². The summed E-state index contributed by atoms with van der Waals surface area (Å²) in [5.74, 6) is 0. The highest BCUT2D eigenvalue weighted by atomic mass is 15.1. The van der Waals surface area contributed by atoms with Gasteiger partial charge in [0.2, 0.25) is 0 Å². The van der Waals surface area contributed by atoms with E-state index in [1.54, 1.807) is 0 Å². The number of anilines is 2. The van der Waals surface area contributed by atoms with E-state index in [9.17, 15) is 0 Å². The highest BCUT2D eigenvalue weighted by Crippen LogP contribution is 2.29. The quantitative estimate of drug-likeness (QED) is 0.843. The van der Waals surface area contributed by atoms with E-state index in [1.807, 2.05) is 0 Å². The van der Waals surface area contributed by atoms with Gasteiger partial charge in [0.1, 0.15) is 0 Å². The van der Waals surface area contributed by atoms with Gasteiger partial charge in [0, 0.05) is 30.5 Å². The van der Waals surface area contributed by atoms with Crippen molar-refractivity contribution in [2.24, 2.45) is 0 Å². The molecule has 1 fully saturated rings. The molecule has 2 heteroatoms. The van der Waals surface area contributed by atoms with Crippen LogP contribution in [0.5, 0.6) is 0 Å². The molecule has 0 aliphatic heterocycles. The zero-order valence-electron chi connectivity index (χ0n) is 13.0. The lowest BCUT2D eigenvalue weighted by Gasteiger charge is -2.25. The number of aryl methyl sites for hydroxylation is 1. The number of para-hydroxylation sites is 1.